The van der Waals surface area contributed by atoms with Crippen LogP contribution >= 0.6 is 0 Å². The summed E-state index contributed by atoms with van der Waals surface area (Å²) in [7, 11) is 3.40. The van der Waals surface area contributed by atoms with Gasteiger partial charge in [-0.3, -0.25) is 0 Å². The number of hydrogen-bond acceptors (Lipinski definition) is 4. The number of rotatable bonds is 8. The molecule has 0 aromatic carbocycles. The van der Waals surface area contributed by atoms with Crippen LogP contribution in [-0.4, -0.2) is 38.8 Å². The second-order valence-corrected chi connectivity index (χ2v) is 3.87. The Bertz CT molecular complexity index is 384. The molecule has 0 fully saturated rings. The van der Waals surface area contributed by atoms with Crippen molar-refractivity contribution in [2.24, 2.45) is 0 Å². The highest BCUT2D eigenvalue weighted by atomic mass is 19.1. The summed E-state index contributed by atoms with van der Waals surface area (Å²) in [5.74, 6) is 0.0597. The SMILES string of the molecule is C=CCN(CCOC)c1nccc(CNC)c1F. The molecule has 0 aliphatic rings. The Hall–Kier alpha value is -1.46. The number of nitrogens with zero attached hydrogens (tertiary/aromatic N) is 2. The molecule has 0 unspecified atom stereocenters. The molecule has 0 aliphatic heterocycles. The first kappa shape index (κ1) is 14.6. The first-order chi connectivity index (χ1) is 8.74. The van der Waals surface area contributed by atoms with Gasteiger partial charge in [0.25, 0.3) is 0 Å². The Labute approximate surface area is 107 Å². The zero-order valence-electron chi connectivity index (χ0n) is 10.9. The molecule has 0 bridgehead atoms. The average Bonchev–Trinajstić information content (AvgIpc) is 2.38. The summed E-state index contributed by atoms with van der Waals surface area (Å²) in [6.45, 7) is 5.79. The van der Waals surface area contributed by atoms with Gasteiger partial charge in [0.15, 0.2) is 11.6 Å². The number of ether oxygens (including phenoxy) is 1. The van der Waals surface area contributed by atoms with Crippen molar-refractivity contribution in [2.75, 3.05) is 38.8 Å². The van der Waals surface area contributed by atoms with Crippen LogP contribution in [0.2, 0.25) is 0 Å². The predicted octanol–water partition coefficient (Wildman–Crippen LogP) is 1.58. The molecule has 18 heavy (non-hydrogen) atoms. The molecule has 4 nitrogen and oxygen atoms in total. The summed E-state index contributed by atoms with van der Waals surface area (Å²) in [5, 5.41) is 2.93. The molecule has 0 saturated heterocycles. The minimum absolute atomic E-state index is 0.287. The number of aromatic nitrogens is 1. The zero-order chi connectivity index (χ0) is 13.4. The van der Waals surface area contributed by atoms with Crippen LogP contribution in [-0.2, 0) is 11.3 Å². The standard InChI is InChI=1S/C13H20FN3O/c1-4-7-17(8-9-18-3)13-12(14)11(10-15-2)5-6-16-13/h4-6,15H,1,7-10H2,2-3H3. The summed E-state index contributed by atoms with van der Waals surface area (Å²) < 4.78 is 19.3. The Balaban J connectivity index is 2.95. The van der Waals surface area contributed by atoms with Crippen molar-refractivity contribution < 1.29 is 9.13 Å². The summed E-state index contributed by atoms with van der Waals surface area (Å²) in [6.07, 6.45) is 3.34. The monoisotopic (exact) mass is 253 g/mol. The van der Waals surface area contributed by atoms with E-state index in [1.807, 2.05) is 4.90 Å². The van der Waals surface area contributed by atoms with E-state index in [4.69, 9.17) is 4.74 Å². The normalized spacial score (nSPS) is 10.4. The van der Waals surface area contributed by atoms with Gasteiger partial charge in [-0.05, 0) is 13.1 Å². The Morgan fingerprint density at radius 3 is 3.00 bits per heavy atom. The second kappa shape index (κ2) is 7.79. The van der Waals surface area contributed by atoms with Gasteiger partial charge in [0, 0.05) is 38.5 Å². The number of hydrogen-bond donors (Lipinski definition) is 1. The fourth-order valence-electron chi connectivity index (χ4n) is 1.66. The quantitative estimate of drug-likeness (QED) is 0.714. The van der Waals surface area contributed by atoms with E-state index in [2.05, 4.69) is 16.9 Å². The number of nitrogens with one attached hydrogen (secondary N) is 1. The van der Waals surface area contributed by atoms with E-state index >= 15 is 0 Å². The molecule has 1 rings (SSSR count). The molecule has 0 spiro atoms. The minimum Gasteiger partial charge on any atom is -0.383 e. The lowest BCUT2D eigenvalue weighted by Gasteiger charge is -2.23. The number of methoxy groups -OCH3 is 1. The molecule has 5 heteroatoms. The number of anilines is 1. The summed E-state index contributed by atoms with van der Waals surface area (Å²) in [5.41, 5.74) is 0.606. The van der Waals surface area contributed by atoms with Crippen LogP contribution in [0.4, 0.5) is 10.2 Å². The van der Waals surface area contributed by atoms with Crippen molar-refractivity contribution in [3.63, 3.8) is 0 Å². The third-order valence-electron chi connectivity index (χ3n) is 2.53. The van der Waals surface area contributed by atoms with Crippen LogP contribution in [0.25, 0.3) is 0 Å². The molecule has 100 valence electrons. The average molecular weight is 253 g/mol. The topological polar surface area (TPSA) is 37.4 Å². The Morgan fingerprint density at radius 1 is 1.61 bits per heavy atom. The van der Waals surface area contributed by atoms with E-state index in [1.54, 1.807) is 32.5 Å². The molecule has 1 heterocycles. The van der Waals surface area contributed by atoms with Crippen molar-refractivity contribution in [3.8, 4) is 0 Å². The maximum atomic E-state index is 14.2. The van der Waals surface area contributed by atoms with Crippen LogP contribution in [0.3, 0.4) is 0 Å². The lowest BCUT2D eigenvalue weighted by Crippen LogP contribution is -2.29. The molecule has 0 aliphatic carbocycles. The molecule has 1 aromatic heterocycles. The fraction of sp³-hybridized carbons (Fsp3) is 0.462. The Morgan fingerprint density at radius 2 is 2.39 bits per heavy atom. The zero-order valence-corrected chi connectivity index (χ0v) is 10.9. The van der Waals surface area contributed by atoms with Gasteiger partial charge in [-0.25, -0.2) is 9.37 Å². The van der Waals surface area contributed by atoms with Crippen molar-refractivity contribution in [2.45, 2.75) is 6.54 Å². The molecular weight excluding hydrogens is 233 g/mol. The number of pyridine rings is 1. The van der Waals surface area contributed by atoms with Gasteiger partial charge in [-0.15, -0.1) is 6.58 Å². The van der Waals surface area contributed by atoms with Crippen LogP contribution in [0.1, 0.15) is 5.56 Å². The molecular formula is C13H20FN3O. The highest BCUT2D eigenvalue weighted by Crippen LogP contribution is 2.19. The first-order valence-electron chi connectivity index (χ1n) is 5.87. The van der Waals surface area contributed by atoms with E-state index in [9.17, 15) is 4.39 Å². The fourth-order valence-corrected chi connectivity index (χ4v) is 1.66. The third-order valence-corrected chi connectivity index (χ3v) is 2.53. The van der Waals surface area contributed by atoms with Crippen molar-refractivity contribution in [1.82, 2.24) is 10.3 Å². The lowest BCUT2D eigenvalue weighted by atomic mass is 10.2. The van der Waals surface area contributed by atoms with E-state index in [0.717, 1.165) is 0 Å². The van der Waals surface area contributed by atoms with Gasteiger partial charge < -0.3 is 15.0 Å². The highest BCUT2D eigenvalue weighted by Gasteiger charge is 2.14. The van der Waals surface area contributed by atoms with E-state index < -0.39 is 0 Å². The largest absolute Gasteiger partial charge is 0.383 e. The van der Waals surface area contributed by atoms with Gasteiger partial charge in [0.2, 0.25) is 0 Å². The smallest absolute Gasteiger partial charge is 0.170 e. The molecule has 0 atom stereocenters. The highest BCUT2D eigenvalue weighted by molar-refractivity contribution is 5.43. The van der Waals surface area contributed by atoms with Crippen LogP contribution in [0.15, 0.2) is 24.9 Å². The molecule has 0 saturated carbocycles. The van der Waals surface area contributed by atoms with Gasteiger partial charge in [0.1, 0.15) is 0 Å². The maximum absolute atomic E-state index is 14.2. The molecule has 0 radical (unpaired) electrons. The summed E-state index contributed by atoms with van der Waals surface area (Å²) >= 11 is 0. The molecule has 0 amide bonds. The van der Waals surface area contributed by atoms with Gasteiger partial charge >= 0.3 is 0 Å². The first-order valence-corrected chi connectivity index (χ1v) is 5.87. The van der Waals surface area contributed by atoms with E-state index in [1.165, 1.54) is 0 Å². The number of halogens is 1. The van der Waals surface area contributed by atoms with Crippen molar-refractivity contribution in [1.29, 1.82) is 0 Å². The predicted molar refractivity (Wildman–Crippen MR) is 71.2 cm³/mol. The van der Waals surface area contributed by atoms with E-state index in [0.29, 0.717) is 37.6 Å². The molecule has 1 N–H and O–H groups in total. The van der Waals surface area contributed by atoms with Crippen molar-refractivity contribution in [3.05, 3.63) is 36.3 Å². The van der Waals surface area contributed by atoms with Gasteiger partial charge in [-0.2, -0.15) is 0 Å². The van der Waals surface area contributed by atoms with Gasteiger partial charge in [0.05, 0.1) is 6.61 Å². The van der Waals surface area contributed by atoms with E-state index in [-0.39, 0.29) is 5.82 Å². The minimum atomic E-state index is -0.287. The summed E-state index contributed by atoms with van der Waals surface area (Å²) in [4.78, 5) is 5.92. The lowest BCUT2D eigenvalue weighted by molar-refractivity contribution is 0.205. The van der Waals surface area contributed by atoms with Gasteiger partial charge in [-0.1, -0.05) is 6.08 Å². The maximum Gasteiger partial charge on any atom is 0.170 e. The Kier molecular flexibility index (Phi) is 6.32. The van der Waals surface area contributed by atoms with Crippen molar-refractivity contribution >= 4 is 5.82 Å². The van der Waals surface area contributed by atoms with Crippen LogP contribution in [0, 0.1) is 5.82 Å². The van der Waals surface area contributed by atoms with Crippen LogP contribution in [0.5, 0.6) is 0 Å². The molecule has 1 aromatic rings. The van der Waals surface area contributed by atoms with Crippen LogP contribution < -0.4 is 10.2 Å². The second-order valence-electron chi connectivity index (χ2n) is 3.87. The summed E-state index contributed by atoms with van der Waals surface area (Å²) in [6, 6.07) is 1.68. The third kappa shape index (κ3) is 3.78.